The monoisotopic (exact) mass is 415 g/mol. The van der Waals surface area contributed by atoms with Gasteiger partial charge in [0.1, 0.15) is 5.82 Å². The van der Waals surface area contributed by atoms with Crippen molar-refractivity contribution in [3.63, 3.8) is 0 Å². The molecule has 2 aliphatic heterocycles. The second-order valence-corrected chi connectivity index (χ2v) is 9.86. The number of aliphatic hydroxyl groups is 1. The Morgan fingerprint density at radius 2 is 1.87 bits per heavy atom. The summed E-state index contributed by atoms with van der Waals surface area (Å²) in [6.45, 7) is 12.4. The highest BCUT2D eigenvalue weighted by atomic mass is 16.7. The van der Waals surface area contributed by atoms with Gasteiger partial charge < -0.3 is 24.2 Å². The lowest BCUT2D eigenvalue weighted by molar-refractivity contribution is -0.134. The molecule has 0 spiro atoms. The molecule has 2 saturated heterocycles. The van der Waals surface area contributed by atoms with Crippen LogP contribution in [0.2, 0.25) is 0 Å². The maximum atomic E-state index is 12.2. The SMILES string of the molecule is CC1CN(c2ccc(B3OC(C)(C)C(C)(C)O3)c(C3CC3)n2)CCN1C(=O)CCO. The van der Waals surface area contributed by atoms with Crippen LogP contribution in [0.25, 0.3) is 0 Å². The lowest BCUT2D eigenvalue weighted by Gasteiger charge is -2.40. The number of piperazine rings is 1. The largest absolute Gasteiger partial charge is 0.496 e. The highest BCUT2D eigenvalue weighted by molar-refractivity contribution is 6.62. The number of aromatic nitrogens is 1. The number of nitrogens with zero attached hydrogens (tertiary/aromatic N) is 3. The fourth-order valence-corrected chi connectivity index (χ4v) is 4.28. The van der Waals surface area contributed by atoms with Crippen molar-refractivity contribution in [3.05, 3.63) is 17.8 Å². The molecule has 4 rings (SSSR count). The molecule has 1 unspecified atom stereocenters. The average Bonchev–Trinajstić information content (AvgIpc) is 3.48. The van der Waals surface area contributed by atoms with E-state index in [1.165, 1.54) is 0 Å². The molecule has 1 aromatic rings. The fourth-order valence-electron chi connectivity index (χ4n) is 4.28. The predicted molar refractivity (Wildman–Crippen MR) is 117 cm³/mol. The number of aliphatic hydroxyl groups excluding tert-OH is 1. The maximum absolute atomic E-state index is 12.2. The first-order valence-electron chi connectivity index (χ1n) is 11.1. The first-order valence-corrected chi connectivity index (χ1v) is 11.1. The second-order valence-electron chi connectivity index (χ2n) is 9.86. The first kappa shape index (κ1) is 21.6. The Hall–Kier alpha value is -1.64. The van der Waals surface area contributed by atoms with Gasteiger partial charge in [0.25, 0.3) is 0 Å². The summed E-state index contributed by atoms with van der Waals surface area (Å²) in [5, 5.41) is 9.06. The van der Waals surface area contributed by atoms with Crippen LogP contribution in [0, 0.1) is 0 Å². The number of amides is 1. The van der Waals surface area contributed by atoms with Crippen LogP contribution in [0.4, 0.5) is 5.82 Å². The maximum Gasteiger partial charge on any atom is 0.496 e. The van der Waals surface area contributed by atoms with Gasteiger partial charge in [-0.15, -0.1) is 0 Å². The van der Waals surface area contributed by atoms with Crippen molar-refractivity contribution in [3.8, 4) is 0 Å². The molecule has 1 aliphatic carbocycles. The van der Waals surface area contributed by atoms with Crippen LogP contribution in [0.15, 0.2) is 12.1 Å². The third-order valence-corrected chi connectivity index (χ3v) is 7.01. The topological polar surface area (TPSA) is 75.1 Å². The second kappa shape index (κ2) is 7.81. The summed E-state index contributed by atoms with van der Waals surface area (Å²) in [4.78, 5) is 21.4. The van der Waals surface area contributed by atoms with E-state index >= 15 is 0 Å². The van der Waals surface area contributed by atoms with Crippen LogP contribution in [0.5, 0.6) is 0 Å². The van der Waals surface area contributed by atoms with Crippen molar-refractivity contribution in [1.82, 2.24) is 9.88 Å². The van der Waals surface area contributed by atoms with Gasteiger partial charge in [0.15, 0.2) is 0 Å². The Kier molecular flexibility index (Phi) is 5.62. The molecule has 164 valence electrons. The molecular formula is C22H34BN3O4. The fraction of sp³-hybridized carbons (Fsp3) is 0.727. The number of rotatable bonds is 5. The highest BCUT2D eigenvalue weighted by Gasteiger charge is 2.53. The van der Waals surface area contributed by atoms with Gasteiger partial charge in [0.05, 0.1) is 17.8 Å². The molecule has 7 nitrogen and oxygen atoms in total. The van der Waals surface area contributed by atoms with Crippen LogP contribution < -0.4 is 10.4 Å². The molecule has 8 heteroatoms. The Labute approximate surface area is 179 Å². The van der Waals surface area contributed by atoms with Crippen molar-refractivity contribution in [1.29, 1.82) is 0 Å². The highest BCUT2D eigenvalue weighted by Crippen LogP contribution is 2.41. The van der Waals surface area contributed by atoms with E-state index in [-0.39, 0.29) is 43.3 Å². The zero-order valence-electron chi connectivity index (χ0n) is 18.9. The summed E-state index contributed by atoms with van der Waals surface area (Å²) in [5.74, 6) is 1.45. The number of carbonyl (C=O) groups is 1. The van der Waals surface area contributed by atoms with Gasteiger partial charge in [0, 0.05) is 49.2 Å². The molecule has 3 heterocycles. The quantitative estimate of drug-likeness (QED) is 0.738. The molecular weight excluding hydrogens is 381 g/mol. The van der Waals surface area contributed by atoms with Crippen molar-refractivity contribution in [2.75, 3.05) is 31.1 Å². The van der Waals surface area contributed by atoms with E-state index in [9.17, 15) is 4.79 Å². The number of pyridine rings is 1. The van der Waals surface area contributed by atoms with Crippen LogP contribution in [0.3, 0.4) is 0 Å². The molecule has 1 N–H and O–H groups in total. The predicted octanol–water partition coefficient (Wildman–Crippen LogP) is 1.68. The Morgan fingerprint density at radius 1 is 1.20 bits per heavy atom. The number of hydrogen-bond acceptors (Lipinski definition) is 6. The van der Waals surface area contributed by atoms with E-state index < -0.39 is 0 Å². The minimum atomic E-state index is -0.390. The van der Waals surface area contributed by atoms with E-state index in [2.05, 4.69) is 51.7 Å². The van der Waals surface area contributed by atoms with Crippen molar-refractivity contribution >= 4 is 24.3 Å². The lowest BCUT2D eigenvalue weighted by atomic mass is 9.77. The normalized spacial score (nSPS) is 25.7. The standard InChI is InChI=1S/C22H34BN3O4/c1-15-14-25(11-12-26(15)19(28)10-13-27)18-9-8-17(20(24-18)16-6-7-16)23-29-21(2,3)22(4,5)30-23/h8-9,15-16,27H,6-7,10-14H2,1-5H3. The number of carbonyl (C=O) groups excluding carboxylic acids is 1. The number of hydrogen-bond donors (Lipinski definition) is 1. The summed E-state index contributed by atoms with van der Waals surface area (Å²) in [6, 6.07) is 4.27. The van der Waals surface area contributed by atoms with Crippen LogP contribution in [0.1, 0.15) is 65.5 Å². The Balaban J connectivity index is 1.53. The summed E-state index contributed by atoms with van der Waals surface area (Å²) in [6.07, 6.45) is 2.50. The Morgan fingerprint density at radius 3 is 2.43 bits per heavy atom. The molecule has 0 bridgehead atoms. The average molecular weight is 415 g/mol. The van der Waals surface area contributed by atoms with Gasteiger partial charge in [0.2, 0.25) is 5.91 Å². The molecule has 1 atom stereocenters. The van der Waals surface area contributed by atoms with Crippen LogP contribution >= 0.6 is 0 Å². The van der Waals surface area contributed by atoms with E-state index in [1.807, 2.05) is 4.90 Å². The summed E-state index contributed by atoms with van der Waals surface area (Å²) in [5.41, 5.74) is 1.40. The van der Waals surface area contributed by atoms with Gasteiger partial charge in [-0.05, 0) is 53.5 Å². The van der Waals surface area contributed by atoms with Gasteiger partial charge in [-0.3, -0.25) is 4.79 Å². The smallest absolute Gasteiger partial charge is 0.399 e. The number of anilines is 1. The minimum absolute atomic E-state index is 0.0207. The van der Waals surface area contributed by atoms with Crippen molar-refractivity contribution < 1.29 is 19.2 Å². The van der Waals surface area contributed by atoms with E-state index in [0.717, 1.165) is 42.9 Å². The summed E-state index contributed by atoms with van der Waals surface area (Å²) >= 11 is 0. The van der Waals surface area contributed by atoms with Gasteiger partial charge in [-0.25, -0.2) is 4.98 Å². The van der Waals surface area contributed by atoms with Crippen LogP contribution in [-0.4, -0.2) is 71.5 Å². The third kappa shape index (κ3) is 3.97. The molecule has 0 aromatic carbocycles. The first-order chi connectivity index (χ1) is 14.1. The van der Waals surface area contributed by atoms with Gasteiger partial charge in [-0.1, -0.05) is 6.07 Å². The molecule has 30 heavy (non-hydrogen) atoms. The molecule has 1 aromatic heterocycles. The van der Waals surface area contributed by atoms with E-state index in [1.54, 1.807) is 0 Å². The van der Waals surface area contributed by atoms with Gasteiger partial charge in [-0.2, -0.15) is 0 Å². The van der Waals surface area contributed by atoms with Gasteiger partial charge >= 0.3 is 7.12 Å². The molecule has 3 fully saturated rings. The molecule has 3 aliphatic rings. The zero-order chi connectivity index (χ0) is 21.7. The summed E-state index contributed by atoms with van der Waals surface area (Å²) in [7, 11) is -0.390. The molecule has 1 saturated carbocycles. The molecule has 0 radical (unpaired) electrons. The van der Waals surface area contributed by atoms with Crippen molar-refractivity contribution in [2.24, 2.45) is 0 Å². The van der Waals surface area contributed by atoms with Crippen molar-refractivity contribution in [2.45, 2.75) is 77.0 Å². The van der Waals surface area contributed by atoms with E-state index in [0.29, 0.717) is 12.5 Å². The summed E-state index contributed by atoms with van der Waals surface area (Å²) < 4.78 is 12.6. The molecule has 1 amide bonds. The van der Waals surface area contributed by atoms with Crippen LogP contribution in [-0.2, 0) is 14.1 Å². The third-order valence-electron chi connectivity index (χ3n) is 7.01. The minimum Gasteiger partial charge on any atom is -0.399 e. The Bertz CT molecular complexity index is 796. The zero-order valence-corrected chi connectivity index (χ0v) is 18.9. The lowest BCUT2D eigenvalue weighted by Crippen LogP contribution is -2.54. The van der Waals surface area contributed by atoms with E-state index in [4.69, 9.17) is 19.4 Å².